The number of benzene rings is 1. The summed E-state index contributed by atoms with van der Waals surface area (Å²) in [7, 11) is -3.11. The summed E-state index contributed by atoms with van der Waals surface area (Å²) in [5.41, 5.74) is 2.52. The maximum Gasteiger partial charge on any atom is 0.211 e. The first-order chi connectivity index (χ1) is 8.12. The van der Waals surface area contributed by atoms with Crippen LogP contribution in [0.5, 0.6) is 0 Å². The summed E-state index contributed by atoms with van der Waals surface area (Å²) in [4.78, 5) is 0. The van der Waals surface area contributed by atoms with Gasteiger partial charge in [-0.2, -0.15) is 0 Å². The molecule has 1 aliphatic rings. The zero-order valence-corrected chi connectivity index (χ0v) is 12.0. The van der Waals surface area contributed by atoms with Crippen LogP contribution in [0.1, 0.15) is 24.1 Å². The third-order valence-corrected chi connectivity index (χ3v) is 4.47. The van der Waals surface area contributed by atoms with Gasteiger partial charge in [0.2, 0.25) is 10.0 Å². The molecule has 1 unspecified atom stereocenters. The van der Waals surface area contributed by atoms with E-state index in [-0.39, 0.29) is 24.2 Å². The van der Waals surface area contributed by atoms with Crippen LogP contribution < -0.4 is 10.0 Å². The summed E-state index contributed by atoms with van der Waals surface area (Å²) in [6, 6.07) is 8.27. The third kappa shape index (κ3) is 3.68. The topological polar surface area (TPSA) is 58.2 Å². The summed E-state index contributed by atoms with van der Waals surface area (Å²) in [6.45, 7) is 2.97. The standard InChI is InChI=1S/C12H18N2O2S.ClH/c1-2-17(15,16)14-9-12-11-6-4-3-5-10(11)7-8-13-12;/h3-6,12-14H,2,7-9H2,1H3;1H. The van der Waals surface area contributed by atoms with E-state index in [0.717, 1.165) is 13.0 Å². The van der Waals surface area contributed by atoms with Gasteiger partial charge in [-0.15, -0.1) is 12.4 Å². The molecule has 1 atom stereocenters. The Bertz CT molecular complexity index is 491. The van der Waals surface area contributed by atoms with Crippen LogP contribution in [-0.2, 0) is 16.4 Å². The maximum absolute atomic E-state index is 11.4. The van der Waals surface area contributed by atoms with Crippen LogP contribution in [0.3, 0.4) is 0 Å². The van der Waals surface area contributed by atoms with Gasteiger partial charge in [0.15, 0.2) is 0 Å². The normalized spacial score (nSPS) is 18.8. The molecule has 1 aliphatic heterocycles. The van der Waals surface area contributed by atoms with Gasteiger partial charge in [0.05, 0.1) is 5.75 Å². The Labute approximate surface area is 115 Å². The minimum absolute atomic E-state index is 0. The Morgan fingerprint density at radius 3 is 2.83 bits per heavy atom. The van der Waals surface area contributed by atoms with Crippen molar-refractivity contribution in [2.24, 2.45) is 0 Å². The largest absolute Gasteiger partial charge is 0.308 e. The minimum Gasteiger partial charge on any atom is -0.308 e. The lowest BCUT2D eigenvalue weighted by atomic mass is 9.95. The van der Waals surface area contributed by atoms with Crippen molar-refractivity contribution in [3.63, 3.8) is 0 Å². The van der Waals surface area contributed by atoms with E-state index in [1.807, 2.05) is 12.1 Å². The molecule has 0 saturated heterocycles. The number of fused-ring (bicyclic) bond motifs is 1. The van der Waals surface area contributed by atoms with Gasteiger partial charge in [0, 0.05) is 12.6 Å². The first-order valence-electron chi connectivity index (χ1n) is 5.91. The first kappa shape index (κ1) is 15.4. The summed E-state index contributed by atoms with van der Waals surface area (Å²) >= 11 is 0. The van der Waals surface area contributed by atoms with E-state index in [1.54, 1.807) is 6.92 Å². The van der Waals surface area contributed by atoms with E-state index in [1.165, 1.54) is 11.1 Å². The Hall–Kier alpha value is -0.620. The van der Waals surface area contributed by atoms with Crippen molar-refractivity contribution in [2.45, 2.75) is 19.4 Å². The van der Waals surface area contributed by atoms with Gasteiger partial charge in [-0.3, -0.25) is 0 Å². The van der Waals surface area contributed by atoms with Crippen LogP contribution in [0.15, 0.2) is 24.3 Å². The van der Waals surface area contributed by atoms with E-state index in [9.17, 15) is 8.42 Å². The minimum atomic E-state index is -3.11. The first-order valence-corrected chi connectivity index (χ1v) is 7.56. The molecule has 2 N–H and O–H groups in total. The molecule has 0 aliphatic carbocycles. The van der Waals surface area contributed by atoms with Crippen molar-refractivity contribution < 1.29 is 8.42 Å². The molecular weight excluding hydrogens is 272 g/mol. The maximum atomic E-state index is 11.4. The van der Waals surface area contributed by atoms with Gasteiger partial charge in [-0.25, -0.2) is 13.1 Å². The molecule has 0 amide bonds. The quantitative estimate of drug-likeness (QED) is 0.877. The molecule has 102 valence electrons. The van der Waals surface area contributed by atoms with Gasteiger partial charge in [0.1, 0.15) is 0 Å². The number of rotatable bonds is 4. The van der Waals surface area contributed by atoms with E-state index in [0.29, 0.717) is 6.54 Å². The number of hydrogen-bond acceptors (Lipinski definition) is 3. The fraction of sp³-hybridized carbons (Fsp3) is 0.500. The van der Waals surface area contributed by atoms with Crippen LogP contribution in [-0.4, -0.2) is 27.3 Å². The van der Waals surface area contributed by atoms with Gasteiger partial charge < -0.3 is 5.32 Å². The van der Waals surface area contributed by atoms with Gasteiger partial charge in [-0.05, 0) is 31.0 Å². The van der Waals surface area contributed by atoms with Gasteiger partial charge >= 0.3 is 0 Å². The Kier molecular flexibility index (Phi) is 5.59. The molecule has 18 heavy (non-hydrogen) atoms. The summed E-state index contributed by atoms with van der Waals surface area (Å²) in [6.07, 6.45) is 1.01. The molecule has 2 rings (SSSR count). The predicted molar refractivity (Wildman–Crippen MR) is 75.6 cm³/mol. The molecule has 0 saturated carbocycles. The van der Waals surface area contributed by atoms with Crippen LogP contribution in [0.4, 0.5) is 0 Å². The highest BCUT2D eigenvalue weighted by atomic mass is 35.5. The summed E-state index contributed by atoms with van der Waals surface area (Å²) < 4.78 is 25.5. The van der Waals surface area contributed by atoms with Crippen LogP contribution in [0, 0.1) is 0 Å². The van der Waals surface area contributed by atoms with Crippen LogP contribution in [0.25, 0.3) is 0 Å². The molecule has 1 heterocycles. The van der Waals surface area contributed by atoms with Crippen molar-refractivity contribution in [2.75, 3.05) is 18.8 Å². The average molecular weight is 291 g/mol. The Balaban J connectivity index is 0.00000162. The lowest BCUT2D eigenvalue weighted by molar-refractivity contribution is 0.492. The SMILES string of the molecule is CCS(=O)(=O)NCC1NCCc2ccccc21.Cl. The number of halogens is 1. The molecule has 1 aromatic carbocycles. The zero-order valence-electron chi connectivity index (χ0n) is 10.3. The van der Waals surface area contributed by atoms with E-state index in [2.05, 4.69) is 22.2 Å². The zero-order chi connectivity index (χ0) is 12.3. The van der Waals surface area contributed by atoms with Crippen LogP contribution in [0.2, 0.25) is 0 Å². The smallest absolute Gasteiger partial charge is 0.211 e. The molecule has 6 heteroatoms. The van der Waals surface area contributed by atoms with Crippen molar-refractivity contribution in [1.29, 1.82) is 0 Å². The Morgan fingerprint density at radius 1 is 1.39 bits per heavy atom. The predicted octanol–water partition coefficient (Wildman–Crippen LogP) is 1.23. The second kappa shape index (κ2) is 6.52. The third-order valence-electron chi connectivity index (χ3n) is 3.10. The van der Waals surface area contributed by atoms with E-state index < -0.39 is 10.0 Å². The Morgan fingerprint density at radius 2 is 2.11 bits per heavy atom. The highest BCUT2D eigenvalue weighted by molar-refractivity contribution is 7.89. The molecule has 0 radical (unpaired) electrons. The monoisotopic (exact) mass is 290 g/mol. The summed E-state index contributed by atoms with van der Waals surface area (Å²) in [5, 5.41) is 3.35. The number of sulfonamides is 1. The van der Waals surface area contributed by atoms with Crippen molar-refractivity contribution >= 4 is 22.4 Å². The van der Waals surface area contributed by atoms with E-state index >= 15 is 0 Å². The molecule has 0 aromatic heterocycles. The van der Waals surface area contributed by atoms with Gasteiger partial charge in [-0.1, -0.05) is 24.3 Å². The van der Waals surface area contributed by atoms with Crippen LogP contribution >= 0.6 is 12.4 Å². The summed E-state index contributed by atoms with van der Waals surface area (Å²) in [5.74, 6) is 0.126. The molecule has 0 spiro atoms. The van der Waals surface area contributed by atoms with Crippen molar-refractivity contribution in [1.82, 2.24) is 10.0 Å². The fourth-order valence-electron chi connectivity index (χ4n) is 2.09. The molecular formula is C12H19ClN2O2S. The molecule has 0 bridgehead atoms. The lowest BCUT2D eigenvalue weighted by Crippen LogP contribution is -2.39. The fourth-order valence-corrected chi connectivity index (χ4v) is 2.71. The molecule has 4 nitrogen and oxygen atoms in total. The average Bonchev–Trinajstić information content (AvgIpc) is 2.36. The van der Waals surface area contributed by atoms with Crippen molar-refractivity contribution in [3.8, 4) is 0 Å². The molecule has 0 fully saturated rings. The number of hydrogen-bond donors (Lipinski definition) is 2. The van der Waals surface area contributed by atoms with Gasteiger partial charge in [0.25, 0.3) is 0 Å². The second-order valence-electron chi connectivity index (χ2n) is 4.21. The lowest BCUT2D eigenvalue weighted by Gasteiger charge is -2.27. The highest BCUT2D eigenvalue weighted by Gasteiger charge is 2.20. The van der Waals surface area contributed by atoms with E-state index in [4.69, 9.17) is 0 Å². The molecule has 1 aromatic rings. The second-order valence-corrected chi connectivity index (χ2v) is 6.30. The number of nitrogens with one attached hydrogen (secondary N) is 2. The van der Waals surface area contributed by atoms with Crippen molar-refractivity contribution in [3.05, 3.63) is 35.4 Å². The highest BCUT2D eigenvalue weighted by Crippen LogP contribution is 2.21.